The molecule has 1 aromatic carbocycles. The smallest absolute Gasteiger partial charge is 0.240 e. The summed E-state index contributed by atoms with van der Waals surface area (Å²) in [5.41, 5.74) is 1.10. The molecule has 0 spiro atoms. The SMILES string of the molecule is CNS(=O)(=O)c1ccc(N2CCCC2C)cc1. The predicted molar refractivity (Wildman–Crippen MR) is 68.7 cm³/mol. The van der Waals surface area contributed by atoms with E-state index >= 15 is 0 Å². The third-order valence-electron chi connectivity index (χ3n) is 3.30. The van der Waals surface area contributed by atoms with Crippen LogP contribution in [0.4, 0.5) is 5.69 Å². The molecule has 0 amide bonds. The fourth-order valence-electron chi connectivity index (χ4n) is 2.25. The first-order valence-electron chi connectivity index (χ1n) is 5.85. The Morgan fingerprint density at radius 1 is 1.29 bits per heavy atom. The lowest BCUT2D eigenvalue weighted by Gasteiger charge is -2.23. The standard InChI is InChI=1S/C12H18N2O2S/c1-10-4-3-9-14(10)11-5-7-12(8-6-11)17(15,16)13-2/h5-8,10,13H,3-4,9H2,1-2H3. The van der Waals surface area contributed by atoms with E-state index in [-0.39, 0.29) is 0 Å². The van der Waals surface area contributed by atoms with E-state index in [1.807, 2.05) is 12.1 Å². The van der Waals surface area contributed by atoms with E-state index in [2.05, 4.69) is 16.5 Å². The highest BCUT2D eigenvalue weighted by molar-refractivity contribution is 7.89. The molecular formula is C12H18N2O2S. The van der Waals surface area contributed by atoms with Crippen LogP contribution in [0.5, 0.6) is 0 Å². The van der Waals surface area contributed by atoms with Crippen LogP contribution in [0.25, 0.3) is 0 Å². The Bertz CT molecular complexity index is 482. The molecule has 1 fully saturated rings. The predicted octanol–water partition coefficient (Wildman–Crippen LogP) is 1.58. The van der Waals surface area contributed by atoms with E-state index < -0.39 is 10.0 Å². The van der Waals surface area contributed by atoms with Gasteiger partial charge in [0.25, 0.3) is 0 Å². The Morgan fingerprint density at radius 2 is 1.94 bits per heavy atom. The highest BCUT2D eigenvalue weighted by Gasteiger charge is 2.20. The lowest BCUT2D eigenvalue weighted by Crippen LogP contribution is -2.26. The van der Waals surface area contributed by atoms with Crippen molar-refractivity contribution in [1.29, 1.82) is 0 Å². The summed E-state index contributed by atoms with van der Waals surface area (Å²) in [5, 5.41) is 0. The summed E-state index contributed by atoms with van der Waals surface area (Å²) in [6.45, 7) is 3.25. The van der Waals surface area contributed by atoms with Crippen LogP contribution in [-0.2, 0) is 10.0 Å². The fraction of sp³-hybridized carbons (Fsp3) is 0.500. The normalized spacial score (nSPS) is 20.8. The van der Waals surface area contributed by atoms with Crippen LogP contribution in [0, 0.1) is 0 Å². The molecule has 1 atom stereocenters. The Balaban J connectivity index is 2.24. The van der Waals surface area contributed by atoms with Gasteiger partial charge in [0.15, 0.2) is 0 Å². The van der Waals surface area contributed by atoms with Gasteiger partial charge in [0.05, 0.1) is 4.90 Å². The fourth-order valence-corrected chi connectivity index (χ4v) is 2.98. The molecule has 5 heteroatoms. The van der Waals surface area contributed by atoms with Crippen LogP contribution >= 0.6 is 0 Å². The molecule has 17 heavy (non-hydrogen) atoms. The van der Waals surface area contributed by atoms with Crippen molar-refractivity contribution in [3.8, 4) is 0 Å². The second-order valence-corrected chi connectivity index (χ2v) is 6.27. The number of nitrogens with zero attached hydrogens (tertiary/aromatic N) is 1. The number of benzene rings is 1. The number of hydrogen-bond donors (Lipinski definition) is 1. The van der Waals surface area contributed by atoms with Gasteiger partial charge in [-0.25, -0.2) is 13.1 Å². The van der Waals surface area contributed by atoms with Crippen LogP contribution in [0.15, 0.2) is 29.2 Å². The van der Waals surface area contributed by atoms with E-state index in [9.17, 15) is 8.42 Å². The first-order chi connectivity index (χ1) is 8.04. The number of anilines is 1. The van der Waals surface area contributed by atoms with Crippen LogP contribution in [0.1, 0.15) is 19.8 Å². The Labute approximate surface area is 103 Å². The van der Waals surface area contributed by atoms with Gasteiger partial charge in [-0.15, -0.1) is 0 Å². The van der Waals surface area contributed by atoms with E-state index in [1.165, 1.54) is 19.9 Å². The molecule has 0 saturated carbocycles. The maximum Gasteiger partial charge on any atom is 0.240 e. The topological polar surface area (TPSA) is 49.4 Å². The van der Waals surface area contributed by atoms with Gasteiger partial charge in [0.2, 0.25) is 10.0 Å². The molecule has 1 unspecified atom stereocenters. The largest absolute Gasteiger partial charge is 0.369 e. The first kappa shape index (κ1) is 12.4. The summed E-state index contributed by atoms with van der Waals surface area (Å²) < 4.78 is 25.5. The van der Waals surface area contributed by atoms with Crippen molar-refractivity contribution in [2.24, 2.45) is 0 Å². The third kappa shape index (κ3) is 2.45. The molecule has 4 nitrogen and oxygen atoms in total. The molecule has 94 valence electrons. The van der Waals surface area contributed by atoms with Crippen molar-refractivity contribution in [2.75, 3.05) is 18.5 Å². The van der Waals surface area contributed by atoms with Crippen LogP contribution in [0.2, 0.25) is 0 Å². The highest BCUT2D eigenvalue weighted by Crippen LogP contribution is 2.26. The van der Waals surface area contributed by atoms with Gasteiger partial charge in [0, 0.05) is 18.3 Å². The summed E-state index contributed by atoms with van der Waals surface area (Å²) >= 11 is 0. The van der Waals surface area contributed by atoms with E-state index in [0.29, 0.717) is 10.9 Å². The quantitative estimate of drug-likeness (QED) is 0.891. The average Bonchev–Trinajstić information content (AvgIpc) is 2.76. The molecule has 2 rings (SSSR count). The minimum Gasteiger partial charge on any atom is -0.369 e. The van der Waals surface area contributed by atoms with Gasteiger partial charge < -0.3 is 4.90 Å². The molecule has 0 aliphatic carbocycles. The summed E-state index contributed by atoms with van der Waals surface area (Å²) in [5.74, 6) is 0. The number of nitrogens with one attached hydrogen (secondary N) is 1. The van der Waals surface area contributed by atoms with Crippen molar-refractivity contribution in [2.45, 2.75) is 30.7 Å². The number of hydrogen-bond acceptors (Lipinski definition) is 3. The average molecular weight is 254 g/mol. The van der Waals surface area contributed by atoms with E-state index in [1.54, 1.807) is 12.1 Å². The summed E-state index contributed by atoms with van der Waals surface area (Å²) in [4.78, 5) is 2.63. The van der Waals surface area contributed by atoms with Crippen LogP contribution in [-0.4, -0.2) is 28.1 Å². The van der Waals surface area contributed by atoms with Crippen LogP contribution < -0.4 is 9.62 Å². The number of sulfonamides is 1. The molecule has 1 N–H and O–H groups in total. The van der Waals surface area contributed by atoms with Crippen LogP contribution in [0.3, 0.4) is 0 Å². The van der Waals surface area contributed by atoms with Crippen molar-refractivity contribution in [3.05, 3.63) is 24.3 Å². The third-order valence-corrected chi connectivity index (χ3v) is 4.73. The van der Waals surface area contributed by atoms with Gasteiger partial charge >= 0.3 is 0 Å². The lowest BCUT2D eigenvalue weighted by molar-refractivity contribution is 0.588. The Hall–Kier alpha value is -1.07. The van der Waals surface area contributed by atoms with Gasteiger partial charge in [-0.1, -0.05) is 0 Å². The van der Waals surface area contributed by atoms with Crippen molar-refractivity contribution >= 4 is 15.7 Å². The zero-order valence-corrected chi connectivity index (χ0v) is 11.0. The summed E-state index contributed by atoms with van der Waals surface area (Å²) in [7, 11) is -1.90. The molecule has 1 heterocycles. The molecule has 0 bridgehead atoms. The zero-order chi connectivity index (χ0) is 12.5. The monoisotopic (exact) mass is 254 g/mol. The Kier molecular flexibility index (Phi) is 3.40. The molecule has 1 saturated heterocycles. The highest BCUT2D eigenvalue weighted by atomic mass is 32.2. The maximum absolute atomic E-state index is 11.6. The Morgan fingerprint density at radius 3 is 2.41 bits per heavy atom. The lowest BCUT2D eigenvalue weighted by atomic mass is 10.2. The second-order valence-electron chi connectivity index (χ2n) is 4.39. The van der Waals surface area contributed by atoms with Crippen molar-refractivity contribution in [1.82, 2.24) is 4.72 Å². The molecular weight excluding hydrogens is 236 g/mol. The van der Waals surface area contributed by atoms with E-state index in [0.717, 1.165) is 12.2 Å². The minimum atomic E-state index is -3.32. The van der Waals surface area contributed by atoms with Crippen molar-refractivity contribution in [3.63, 3.8) is 0 Å². The maximum atomic E-state index is 11.6. The first-order valence-corrected chi connectivity index (χ1v) is 7.33. The molecule has 1 aromatic rings. The molecule has 1 aliphatic heterocycles. The minimum absolute atomic E-state index is 0.315. The van der Waals surface area contributed by atoms with Gasteiger partial charge in [-0.05, 0) is 51.1 Å². The molecule has 1 aliphatic rings. The van der Waals surface area contributed by atoms with Gasteiger partial charge in [-0.2, -0.15) is 0 Å². The van der Waals surface area contributed by atoms with Gasteiger partial charge in [-0.3, -0.25) is 0 Å². The summed E-state index contributed by atoms with van der Waals surface area (Å²) in [6.07, 6.45) is 2.41. The number of rotatable bonds is 3. The summed E-state index contributed by atoms with van der Waals surface area (Å²) in [6, 6.07) is 7.62. The van der Waals surface area contributed by atoms with E-state index in [4.69, 9.17) is 0 Å². The zero-order valence-electron chi connectivity index (χ0n) is 10.2. The van der Waals surface area contributed by atoms with Gasteiger partial charge in [0.1, 0.15) is 0 Å². The van der Waals surface area contributed by atoms with Crippen molar-refractivity contribution < 1.29 is 8.42 Å². The molecule has 0 aromatic heterocycles. The molecule has 0 radical (unpaired) electrons. The second kappa shape index (κ2) is 4.66.